The van der Waals surface area contributed by atoms with Gasteiger partial charge in [0, 0.05) is 12.6 Å². The fraction of sp³-hybridized carbons (Fsp3) is 0.364. The van der Waals surface area contributed by atoms with Crippen molar-refractivity contribution in [3.05, 3.63) is 65.7 Å². The minimum absolute atomic E-state index is 0.0396. The molecule has 5 nitrogen and oxygen atoms in total. The van der Waals surface area contributed by atoms with Gasteiger partial charge in [0.05, 0.1) is 0 Å². The van der Waals surface area contributed by atoms with Crippen LogP contribution >= 0.6 is 0 Å². The average Bonchev–Trinajstić information content (AvgIpc) is 2.68. The van der Waals surface area contributed by atoms with Crippen LogP contribution < -0.4 is 10.1 Å². The van der Waals surface area contributed by atoms with Crippen LogP contribution in [0.2, 0.25) is 0 Å². The molecule has 0 aliphatic rings. The largest absolute Gasteiger partial charge is 0.481 e. The molecule has 0 fully saturated rings. The van der Waals surface area contributed by atoms with Gasteiger partial charge in [-0.25, -0.2) is 8.78 Å². The standard InChI is InChI=1S/C22H26F2N2O3/c1-4-19(22(28)25-15(2)3)26(13-16-9-11-17(23)12-10-16)21(27)14-29-20-8-6-5-7-18(20)24/h5-12,15,19H,4,13-14H2,1-3H3,(H,25,28)/t19-/m0/s1. The molecule has 156 valence electrons. The summed E-state index contributed by atoms with van der Waals surface area (Å²) in [6.07, 6.45) is 0.380. The molecule has 1 N–H and O–H groups in total. The first-order valence-corrected chi connectivity index (χ1v) is 9.53. The van der Waals surface area contributed by atoms with Gasteiger partial charge in [0.2, 0.25) is 5.91 Å². The summed E-state index contributed by atoms with van der Waals surface area (Å²) in [5.41, 5.74) is 0.668. The topological polar surface area (TPSA) is 58.6 Å². The third-order valence-corrected chi connectivity index (χ3v) is 4.27. The number of halogens is 2. The smallest absolute Gasteiger partial charge is 0.261 e. The van der Waals surface area contributed by atoms with Gasteiger partial charge in [-0.15, -0.1) is 0 Å². The zero-order valence-electron chi connectivity index (χ0n) is 16.8. The highest BCUT2D eigenvalue weighted by Gasteiger charge is 2.29. The number of nitrogens with zero attached hydrogens (tertiary/aromatic N) is 1. The van der Waals surface area contributed by atoms with Crippen LogP contribution in [0.25, 0.3) is 0 Å². The van der Waals surface area contributed by atoms with Crippen molar-refractivity contribution < 1.29 is 23.1 Å². The average molecular weight is 404 g/mol. The SMILES string of the molecule is CC[C@@H](C(=O)NC(C)C)N(Cc1ccc(F)cc1)C(=O)COc1ccccc1F. The lowest BCUT2D eigenvalue weighted by molar-refractivity contribution is -0.143. The summed E-state index contributed by atoms with van der Waals surface area (Å²) in [5.74, 6) is -1.76. The highest BCUT2D eigenvalue weighted by atomic mass is 19.1. The minimum atomic E-state index is -0.737. The van der Waals surface area contributed by atoms with Gasteiger partial charge in [0.1, 0.15) is 11.9 Å². The molecule has 0 radical (unpaired) electrons. The molecule has 7 heteroatoms. The van der Waals surface area contributed by atoms with Crippen molar-refractivity contribution in [2.45, 2.75) is 45.8 Å². The number of hydrogen-bond donors (Lipinski definition) is 1. The zero-order valence-corrected chi connectivity index (χ0v) is 16.8. The number of carbonyl (C=O) groups excluding carboxylic acids is 2. The second-order valence-electron chi connectivity index (χ2n) is 6.95. The number of rotatable bonds is 9. The first kappa shape index (κ1) is 22.3. The molecule has 2 aromatic rings. The highest BCUT2D eigenvalue weighted by Crippen LogP contribution is 2.17. The van der Waals surface area contributed by atoms with E-state index >= 15 is 0 Å². The molecule has 2 amide bonds. The maximum absolute atomic E-state index is 13.8. The fourth-order valence-corrected chi connectivity index (χ4v) is 2.87. The maximum Gasteiger partial charge on any atom is 0.261 e. The van der Waals surface area contributed by atoms with Gasteiger partial charge in [-0.2, -0.15) is 0 Å². The Morgan fingerprint density at radius 2 is 1.72 bits per heavy atom. The fourth-order valence-electron chi connectivity index (χ4n) is 2.87. The molecule has 0 aliphatic heterocycles. The number of benzene rings is 2. The van der Waals surface area contributed by atoms with Gasteiger partial charge in [-0.3, -0.25) is 9.59 Å². The summed E-state index contributed by atoms with van der Waals surface area (Å²) in [5, 5.41) is 2.81. The van der Waals surface area contributed by atoms with Gasteiger partial charge >= 0.3 is 0 Å². The van der Waals surface area contributed by atoms with Crippen molar-refractivity contribution in [3.63, 3.8) is 0 Å². The van der Waals surface area contributed by atoms with Crippen LogP contribution in [-0.2, 0) is 16.1 Å². The van der Waals surface area contributed by atoms with Crippen molar-refractivity contribution >= 4 is 11.8 Å². The number of nitrogens with one attached hydrogen (secondary N) is 1. The Kier molecular flexibility index (Phi) is 8.12. The predicted molar refractivity (Wildman–Crippen MR) is 106 cm³/mol. The molecule has 29 heavy (non-hydrogen) atoms. The quantitative estimate of drug-likeness (QED) is 0.694. The third kappa shape index (κ3) is 6.55. The van der Waals surface area contributed by atoms with E-state index in [9.17, 15) is 18.4 Å². The summed E-state index contributed by atoms with van der Waals surface area (Å²) in [7, 11) is 0. The lowest BCUT2D eigenvalue weighted by Crippen LogP contribution is -2.51. The second kappa shape index (κ2) is 10.5. The van der Waals surface area contributed by atoms with Crippen LogP contribution in [0.5, 0.6) is 5.75 Å². The van der Waals surface area contributed by atoms with Gasteiger partial charge in [0.25, 0.3) is 5.91 Å². The van der Waals surface area contributed by atoms with Crippen LogP contribution in [0.1, 0.15) is 32.8 Å². The van der Waals surface area contributed by atoms with Gasteiger partial charge < -0.3 is 15.0 Å². The first-order valence-electron chi connectivity index (χ1n) is 9.53. The van der Waals surface area contributed by atoms with E-state index in [2.05, 4.69) is 5.32 Å². The molecular weight excluding hydrogens is 378 g/mol. The summed E-state index contributed by atoms with van der Waals surface area (Å²) in [6, 6.07) is 10.7. The molecule has 0 unspecified atom stereocenters. The zero-order chi connectivity index (χ0) is 21.4. The van der Waals surface area contributed by atoms with Crippen LogP contribution in [0.15, 0.2) is 48.5 Å². The molecule has 0 bridgehead atoms. The van der Waals surface area contributed by atoms with Crippen molar-refractivity contribution in [1.29, 1.82) is 0 Å². The summed E-state index contributed by atoms with van der Waals surface area (Å²) < 4.78 is 32.3. The van der Waals surface area contributed by atoms with Crippen molar-refractivity contribution in [2.24, 2.45) is 0 Å². The second-order valence-corrected chi connectivity index (χ2v) is 6.95. The molecule has 0 saturated carbocycles. The third-order valence-electron chi connectivity index (χ3n) is 4.27. The summed E-state index contributed by atoms with van der Waals surface area (Å²) in [4.78, 5) is 26.9. The van der Waals surface area contributed by atoms with Crippen LogP contribution in [0.3, 0.4) is 0 Å². The molecule has 0 saturated heterocycles. The Labute approximate surface area is 169 Å². The molecule has 0 spiro atoms. The number of ether oxygens (including phenoxy) is 1. The van der Waals surface area contributed by atoms with Crippen molar-refractivity contribution in [3.8, 4) is 5.75 Å². The van der Waals surface area contributed by atoms with Gasteiger partial charge in [-0.05, 0) is 50.1 Å². The molecule has 0 aliphatic carbocycles. The molecular formula is C22H26F2N2O3. The number of amides is 2. The van der Waals surface area contributed by atoms with Crippen molar-refractivity contribution in [2.75, 3.05) is 6.61 Å². The van der Waals surface area contributed by atoms with E-state index in [4.69, 9.17) is 4.74 Å². The minimum Gasteiger partial charge on any atom is -0.481 e. The normalized spacial score (nSPS) is 11.8. The van der Waals surface area contributed by atoms with E-state index in [1.54, 1.807) is 25.1 Å². The maximum atomic E-state index is 13.8. The first-order chi connectivity index (χ1) is 13.8. The monoisotopic (exact) mass is 404 g/mol. The van der Waals surface area contributed by atoms with E-state index in [1.165, 1.54) is 35.2 Å². The number of hydrogen-bond acceptors (Lipinski definition) is 3. The van der Waals surface area contributed by atoms with E-state index in [0.29, 0.717) is 12.0 Å². The highest BCUT2D eigenvalue weighted by molar-refractivity contribution is 5.88. The lowest BCUT2D eigenvalue weighted by atomic mass is 10.1. The lowest BCUT2D eigenvalue weighted by Gasteiger charge is -2.31. The van der Waals surface area contributed by atoms with Crippen LogP contribution in [-0.4, -0.2) is 35.4 Å². The van der Waals surface area contributed by atoms with Gasteiger partial charge in [-0.1, -0.05) is 31.2 Å². The van der Waals surface area contributed by atoms with E-state index in [1.807, 2.05) is 13.8 Å². The van der Waals surface area contributed by atoms with E-state index in [0.717, 1.165) is 0 Å². The molecule has 0 aromatic heterocycles. The van der Waals surface area contributed by atoms with Gasteiger partial charge in [0.15, 0.2) is 18.2 Å². The molecule has 2 aromatic carbocycles. The van der Waals surface area contributed by atoms with Crippen LogP contribution in [0.4, 0.5) is 8.78 Å². The molecule has 2 rings (SSSR count). The summed E-state index contributed by atoms with van der Waals surface area (Å²) in [6.45, 7) is 5.14. The Morgan fingerprint density at radius 1 is 1.07 bits per heavy atom. The Hall–Kier alpha value is -2.96. The van der Waals surface area contributed by atoms with Crippen LogP contribution in [0, 0.1) is 11.6 Å². The van der Waals surface area contributed by atoms with Crippen molar-refractivity contribution in [1.82, 2.24) is 10.2 Å². The molecule has 0 heterocycles. The van der Waals surface area contributed by atoms with E-state index in [-0.39, 0.29) is 30.1 Å². The Balaban J connectivity index is 2.21. The number of para-hydroxylation sites is 1. The predicted octanol–water partition coefficient (Wildman–Crippen LogP) is 3.68. The Morgan fingerprint density at radius 3 is 2.31 bits per heavy atom. The molecule has 1 atom stereocenters. The number of carbonyl (C=O) groups is 2. The Bertz CT molecular complexity index is 825. The van der Waals surface area contributed by atoms with E-state index < -0.39 is 24.4 Å². The summed E-state index contributed by atoms with van der Waals surface area (Å²) >= 11 is 0.